The molecule has 0 aliphatic heterocycles. The van der Waals surface area contributed by atoms with Crippen LogP contribution in [0.4, 0.5) is 0 Å². The zero-order valence-corrected chi connectivity index (χ0v) is 10.6. The van der Waals surface area contributed by atoms with Gasteiger partial charge in [-0.1, -0.05) is 29.8 Å². The average molecular weight is 221 g/mol. The minimum Gasteiger partial charge on any atom is -0.382 e. The first-order valence-corrected chi connectivity index (χ1v) is 6.09. The lowest BCUT2D eigenvalue weighted by molar-refractivity contribution is 0.141. The summed E-state index contributed by atoms with van der Waals surface area (Å²) >= 11 is 0. The molecule has 0 saturated carbocycles. The molecule has 0 radical (unpaired) electrons. The molecule has 2 nitrogen and oxygen atoms in total. The Labute approximate surface area is 99.0 Å². The summed E-state index contributed by atoms with van der Waals surface area (Å²) in [5.74, 6) is 0. The van der Waals surface area contributed by atoms with E-state index in [1.165, 1.54) is 11.1 Å². The SMILES string of the molecule is CCOCCCC(NC)c1cccc(C)c1. The van der Waals surface area contributed by atoms with Gasteiger partial charge in [0.25, 0.3) is 0 Å². The summed E-state index contributed by atoms with van der Waals surface area (Å²) in [6.45, 7) is 5.85. The molecule has 1 aromatic rings. The van der Waals surface area contributed by atoms with Crippen LogP contribution in [0.3, 0.4) is 0 Å². The van der Waals surface area contributed by atoms with E-state index in [-0.39, 0.29) is 0 Å². The molecule has 0 saturated heterocycles. The van der Waals surface area contributed by atoms with Crippen molar-refractivity contribution < 1.29 is 4.74 Å². The molecule has 0 aromatic heterocycles. The highest BCUT2D eigenvalue weighted by Gasteiger charge is 2.08. The maximum atomic E-state index is 5.36. The molecule has 16 heavy (non-hydrogen) atoms. The summed E-state index contributed by atoms with van der Waals surface area (Å²) in [5.41, 5.74) is 2.70. The Hall–Kier alpha value is -0.860. The van der Waals surface area contributed by atoms with Crippen LogP contribution in [0.2, 0.25) is 0 Å². The van der Waals surface area contributed by atoms with Crippen molar-refractivity contribution in [3.63, 3.8) is 0 Å². The Morgan fingerprint density at radius 2 is 2.19 bits per heavy atom. The van der Waals surface area contributed by atoms with Crippen molar-refractivity contribution in [1.82, 2.24) is 5.32 Å². The Bertz CT molecular complexity index is 299. The summed E-state index contributed by atoms with van der Waals surface area (Å²) in [7, 11) is 2.02. The lowest BCUT2D eigenvalue weighted by atomic mass is 10.0. The van der Waals surface area contributed by atoms with Crippen LogP contribution in [0.1, 0.15) is 36.9 Å². The van der Waals surface area contributed by atoms with E-state index in [0.29, 0.717) is 6.04 Å². The van der Waals surface area contributed by atoms with Gasteiger partial charge < -0.3 is 10.1 Å². The second-order valence-corrected chi connectivity index (χ2v) is 4.09. The fourth-order valence-corrected chi connectivity index (χ4v) is 1.90. The van der Waals surface area contributed by atoms with E-state index < -0.39 is 0 Å². The summed E-state index contributed by atoms with van der Waals surface area (Å²) in [6, 6.07) is 9.14. The number of ether oxygens (including phenoxy) is 1. The van der Waals surface area contributed by atoms with Gasteiger partial charge in [0.1, 0.15) is 0 Å². The Morgan fingerprint density at radius 3 is 2.81 bits per heavy atom. The predicted molar refractivity (Wildman–Crippen MR) is 68.7 cm³/mol. The minimum atomic E-state index is 0.445. The molecule has 0 aliphatic rings. The van der Waals surface area contributed by atoms with E-state index in [9.17, 15) is 0 Å². The highest BCUT2D eigenvalue weighted by atomic mass is 16.5. The van der Waals surface area contributed by atoms with Crippen molar-refractivity contribution >= 4 is 0 Å². The third-order valence-electron chi connectivity index (χ3n) is 2.78. The summed E-state index contributed by atoms with van der Waals surface area (Å²) in [4.78, 5) is 0. The molecule has 90 valence electrons. The van der Waals surface area contributed by atoms with Gasteiger partial charge in [-0.15, -0.1) is 0 Å². The Balaban J connectivity index is 2.47. The number of aryl methyl sites for hydroxylation is 1. The van der Waals surface area contributed by atoms with Crippen LogP contribution in [0.15, 0.2) is 24.3 Å². The first kappa shape index (κ1) is 13.2. The van der Waals surface area contributed by atoms with Crippen molar-refractivity contribution in [2.45, 2.75) is 32.7 Å². The van der Waals surface area contributed by atoms with Gasteiger partial charge in [0.2, 0.25) is 0 Å². The first-order chi connectivity index (χ1) is 7.77. The van der Waals surface area contributed by atoms with Crippen LogP contribution in [0, 0.1) is 6.92 Å². The lowest BCUT2D eigenvalue weighted by Crippen LogP contribution is -2.17. The summed E-state index contributed by atoms with van der Waals surface area (Å²) < 4.78 is 5.36. The van der Waals surface area contributed by atoms with Crippen molar-refractivity contribution in [3.05, 3.63) is 35.4 Å². The maximum Gasteiger partial charge on any atom is 0.0466 e. The third-order valence-corrected chi connectivity index (χ3v) is 2.78. The van der Waals surface area contributed by atoms with Crippen molar-refractivity contribution in [2.24, 2.45) is 0 Å². The standard InChI is InChI=1S/C14H23NO/c1-4-16-10-6-9-14(15-3)13-8-5-7-12(2)11-13/h5,7-8,11,14-15H,4,6,9-10H2,1-3H3. The Morgan fingerprint density at radius 1 is 1.38 bits per heavy atom. The number of rotatable bonds is 7. The van der Waals surface area contributed by atoms with E-state index >= 15 is 0 Å². The van der Waals surface area contributed by atoms with Crippen molar-refractivity contribution in [2.75, 3.05) is 20.3 Å². The normalized spacial score (nSPS) is 12.7. The monoisotopic (exact) mass is 221 g/mol. The minimum absolute atomic E-state index is 0.445. The van der Waals surface area contributed by atoms with Gasteiger partial charge in [-0.2, -0.15) is 0 Å². The number of hydrogen-bond acceptors (Lipinski definition) is 2. The highest BCUT2D eigenvalue weighted by Crippen LogP contribution is 2.18. The zero-order chi connectivity index (χ0) is 11.8. The average Bonchev–Trinajstić information content (AvgIpc) is 2.29. The molecular weight excluding hydrogens is 198 g/mol. The topological polar surface area (TPSA) is 21.3 Å². The number of hydrogen-bond donors (Lipinski definition) is 1. The van der Waals surface area contributed by atoms with Crippen LogP contribution in [-0.2, 0) is 4.74 Å². The molecule has 0 heterocycles. The molecule has 0 fully saturated rings. The van der Waals surface area contributed by atoms with Gasteiger partial charge in [-0.3, -0.25) is 0 Å². The van der Waals surface area contributed by atoms with Gasteiger partial charge in [0, 0.05) is 19.3 Å². The molecule has 0 amide bonds. The van der Waals surface area contributed by atoms with E-state index in [4.69, 9.17) is 4.74 Å². The Kier molecular flexibility index (Phi) is 6.12. The molecule has 0 spiro atoms. The van der Waals surface area contributed by atoms with E-state index in [1.807, 2.05) is 14.0 Å². The largest absolute Gasteiger partial charge is 0.382 e. The van der Waals surface area contributed by atoms with Crippen LogP contribution >= 0.6 is 0 Å². The molecule has 0 bridgehead atoms. The maximum absolute atomic E-state index is 5.36. The van der Waals surface area contributed by atoms with Gasteiger partial charge >= 0.3 is 0 Å². The highest BCUT2D eigenvalue weighted by molar-refractivity contribution is 5.24. The lowest BCUT2D eigenvalue weighted by Gasteiger charge is -2.17. The van der Waals surface area contributed by atoms with Crippen LogP contribution in [0.25, 0.3) is 0 Å². The third kappa shape index (κ3) is 4.33. The first-order valence-electron chi connectivity index (χ1n) is 6.09. The quantitative estimate of drug-likeness (QED) is 0.714. The molecule has 0 aliphatic carbocycles. The molecule has 2 heteroatoms. The second-order valence-electron chi connectivity index (χ2n) is 4.09. The molecule has 1 unspecified atom stereocenters. The molecular formula is C14H23NO. The van der Waals surface area contributed by atoms with Crippen LogP contribution < -0.4 is 5.32 Å². The molecule has 1 atom stereocenters. The van der Waals surface area contributed by atoms with Crippen LogP contribution in [0.5, 0.6) is 0 Å². The van der Waals surface area contributed by atoms with Gasteiger partial charge in [-0.25, -0.2) is 0 Å². The van der Waals surface area contributed by atoms with Gasteiger partial charge in [0.05, 0.1) is 0 Å². The van der Waals surface area contributed by atoms with Gasteiger partial charge in [-0.05, 0) is 39.3 Å². The summed E-state index contributed by atoms with van der Waals surface area (Å²) in [5, 5.41) is 3.37. The van der Waals surface area contributed by atoms with Crippen LogP contribution in [-0.4, -0.2) is 20.3 Å². The molecule has 1 rings (SSSR count). The number of nitrogens with one attached hydrogen (secondary N) is 1. The second kappa shape index (κ2) is 7.42. The fraction of sp³-hybridized carbons (Fsp3) is 0.571. The molecule has 1 aromatic carbocycles. The smallest absolute Gasteiger partial charge is 0.0466 e. The van der Waals surface area contributed by atoms with Crippen molar-refractivity contribution in [3.8, 4) is 0 Å². The predicted octanol–water partition coefficient (Wildman–Crippen LogP) is 3.07. The van der Waals surface area contributed by atoms with Crippen molar-refractivity contribution in [1.29, 1.82) is 0 Å². The number of benzene rings is 1. The van der Waals surface area contributed by atoms with E-state index in [0.717, 1.165) is 26.1 Å². The van der Waals surface area contributed by atoms with E-state index in [2.05, 4.69) is 36.5 Å². The van der Waals surface area contributed by atoms with E-state index in [1.54, 1.807) is 0 Å². The zero-order valence-electron chi connectivity index (χ0n) is 10.6. The molecule has 1 N–H and O–H groups in total. The fourth-order valence-electron chi connectivity index (χ4n) is 1.90. The van der Waals surface area contributed by atoms with Gasteiger partial charge in [0.15, 0.2) is 0 Å². The summed E-state index contributed by atoms with van der Waals surface area (Å²) in [6.07, 6.45) is 2.23.